The molecule has 0 saturated carbocycles. The van der Waals surface area contributed by atoms with Crippen LogP contribution in [0.5, 0.6) is 0 Å². The number of halogens is 2. The van der Waals surface area contributed by atoms with Gasteiger partial charge in [0.15, 0.2) is 11.6 Å². The molecule has 100 valence electrons. The van der Waals surface area contributed by atoms with Crippen LogP contribution in [0.2, 0.25) is 0 Å². The summed E-state index contributed by atoms with van der Waals surface area (Å²) in [5.74, 6) is -2.29. The zero-order valence-corrected chi connectivity index (χ0v) is 10.8. The summed E-state index contributed by atoms with van der Waals surface area (Å²) in [6, 6.07) is 9.09. The monoisotopic (exact) mass is 283 g/mol. The molecule has 2 aromatic rings. The van der Waals surface area contributed by atoms with Crippen molar-refractivity contribution in [3.05, 3.63) is 59.7 Å². The van der Waals surface area contributed by atoms with Crippen molar-refractivity contribution in [3.8, 4) is 0 Å². The van der Waals surface area contributed by atoms with Crippen LogP contribution in [0.1, 0.15) is 5.56 Å². The highest BCUT2D eigenvalue weighted by Gasteiger charge is 2.16. The predicted molar refractivity (Wildman–Crippen MR) is 68.3 cm³/mol. The quantitative estimate of drug-likeness (QED) is 0.941. The standard InChI is InChI=1S/C13H11F2NO2S/c1-9-2-4-10(5-3-9)16-19(17,18)11-6-7-12(14)13(15)8-11/h2-8,16H,1H3. The van der Waals surface area contributed by atoms with Crippen LogP contribution in [0, 0.1) is 18.6 Å². The average molecular weight is 283 g/mol. The molecule has 6 heteroatoms. The molecule has 0 aromatic heterocycles. The van der Waals surface area contributed by atoms with Crippen molar-refractivity contribution in [2.45, 2.75) is 11.8 Å². The zero-order chi connectivity index (χ0) is 14.0. The zero-order valence-electron chi connectivity index (χ0n) is 10.0. The summed E-state index contributed by atoms with van der Waals surface area (Å²) in [5, 5.41) is 0. The predicted octanol–water partition coefficient (Wildman–Crippen LogP) is 3.07. The minimum absolute atomic E-state index is 0.327. The van der Waals surface area contributed by atoms with Gasteiger partial charge in [0, 0.05) is 5.69 Å². The molecular formula is C13H11F2NO2S. The second kappa shape index (κ2) is 4.97. The highest BCUT2D eigenvalue weighted by Crippen LogP contribution is 2.18. The van der Waals surface area contributed by atoms with Gasteiger partial charge in [-0.3, -0.25) is 4.72 Å². The van der Waals surface area contributed by atoms with Crippen LogP contribution in [0.4, 0.5) is 14.5 Å². The minimum atomic E-state index is -3.92. The Morgan fingerprint density at radius 2 is 1.58 bits per heavy atom. The summed E-state index contributed by atoms with van der Waals surface area (Å²) in [5.41, 5.74) is 1.34. The third-order valence-corrected chi connectivity index (χ3v) is 3.88. The molecular weight excluding hydrogens is 272 g/mol. The van der Waals surface area contributed by atoms with Crippen LogP contribution in [-0.2, 0) is 10.0 Å². The van der Waals surface area contributed by atoms with Gasteiger partial charge in [0.05, 0.1) is 4.90 Å². The van der Waals surface area contributed by atoms with Gasteiger partial charge in [-0.15, -0.1) is 0 Å². The van der Waals surface area contributed by atoms with Gasteiger partial charge < -0.3 is 0 Å². The molecule has 0 aliphatic heterocycles. The van der Waals surface area contributed by atoms with Gasteiger partial charge in [0.1, 0.15) is 0 Å². The van der Waals surface area contributed by atoms with E-state index in [2.05, 4.69) is 4.72 Å². The molecule has 2 rings (SSSR count). The Morgan fingerprint density at radius 1 is 0.947 bits per heavy atom. The Kier molecular flexibility index (Phi) is 3.53. The molecule has 0 atom stereocenters. The average Bonchev–Trinajstić information content (AvgIpc) is 2.35. The molecule has 2 aromatic carbocycles. The third-order valence-electron chi connectivity index (χ3n) is 2.51. The van der Waals surface area contributed by atoms with Crippen molar-refractivity contribution in [2.24, 2.45) is 0 Å². The van der Waals surface area contributed by atoms with Crippen LogP contribution >= 0.6 is 0 Å². The highest BCUT2D eigenvalue weighted by molar-refractivity contribution is 7.92. The molecule has 3 nitrogen and oxygen atoms in total. The van der Waals surface area contributed by atoms with Crippen molar-refractivity contribution in [1.82, 2.24) is 0 Å². The fourth-order valence-corrected chi connectivity index (χ4v) is 2.55. The first-order chi connectivity index (χ1) is 8.88. The Balaban J connectivity index is 2.32. The normalized spacial score (nSPS) is 11.3. The van der Waals surface area contributed by atoms with E-state index in [1.807, 2.05) is 6.92 Å². The number of rotatable bonds is 3. The van der Waals surface area contributed by atoms with Gasteiger partial charge in [0.2, 0.25) is 0 Å². The van der Waals surface area contributed by atoms with Gasteiger partial charge in [-0.2, -0.15) is 0 Å². The van der Waals surface area contributed by atoms with E-state index in [9.17, 15) is 17.2 Å². The molecule has 0 radical (unpaired) electrons. The van der Waals surface area contributed by atoms with Gasteiger partial charge in [-0.1, -0.05) is 17.7 Å². The van der Waals surface area contributed by atoms with Crippen molar-refractivity contribution in [2.75, 3.05) is 4.72 Å². The molecule has 0 fully saturated rings. The number of benzene rings is 2. The van der Waals surface area contributed by atoms with E-state index < -0.39 is 21.7 Å². The van der Waals surface area contributed by atoms with Crippen LogP contribution in [0.15, 0.2) is 47.4 Å². The van der Waals surface area contributed by atoms with Gasteiger partial charge in [0.25, 0.3) is 10.0 Å². The second-order valence-electron chi connectivity index (χ2n) is 4.05. The van der Waals surface area contributed by atoms with Crippen LogP contribution in [-0.4, -0.2) is 8.42 Å². The fourth-order valence-electron chi connectivity index (χ4n) is 1.48. The summed E-state index contributed by atoms with van der Waals surface area (Å²) in [6.07, 6.45) is 0. The molecule has 19 heavy (non-hydrogen) atoms. The highest BCUT2D eigenvalue weighted by atomic mass is 32.2. The Labute approximate surface area is 109 Å². The van der Waals surface area contributed by atoms with E-state index in [4.69, 9.17) is 0 Å². The van der Waals surface area contributed by atoms with Crippen LogP contribution < -0.4 is 4.72 Å². The first kappa shape index (κ1) is 13.5. The van der Waals surface area contributed by atoms with Crippen molar-refractivity contribution in [1.29, 1.82) is 0 Å². The summed E-state index contributed by atoms with van der Waals surface area (Å²) in [4.78, 5) is -0.327. The number of hydrogen-bond acceptors (Lipinski definition) is 2. The lowest BCUT2D eigenvalue weighted by molar-refractivity contribution is 0.504. The molecule has 0 heterocycles. The van der Waals surface area contributed by atoms with Crippen molar-refractivity contribution >= 4 is 15.7 Å². The number of hydrogen-bond donors (Lipinski definition) is 1. The van der Waals surface area contributed by atoms with Crippen LogP contribution in [0.3, 0.4) is 0 Å². The maximum atomic E-state index is 13.0. The lowest BCUT2D eigenvalue weighted by Gasteiger charge is -2.08. The minimum Gasteiger partial charge on any atom is -0.280 e. The summed E-state index contributed by atoms with van der Waals surface area (Å²) in [7, 11) is -3.92. The first-order valence-corrected chi connectivity index (χ1v) is 6.91. The van der Waals surface area contributed by atoms with E-state index >= 15 is 0 Å². The molecule has 0 unspecified atom stereocenters. The molecule has 0 saturated heterocycles. The second-order valence-corrected chi connectivity index (χ2v) is 5.73. The number of anilines is 1. The third kappa shape index (κ3) is 3.08. The van der Waals surface area contributed by atoms with E-state index in [1.165, 1.54) is 0 Å². The fraction of sp³-hybridized carbons (Fsp3) is 0.0769. The van der Waals surface area contributed by atoms with Crippen molar-refractivity contribution in [3.63, 3.8) is 0 Å². The molecule has 1 N–H and O–H groups in total. The Bertz CT molecular complexity index is 697. The summed E-state index contributed by atoms with van der Waals surface area (Å²) < 4.78 is 52.0. The largest absolute Gasteiger partial charge is 0.280 e. The summed E-state index contributed by atoms with van der Waals surface area (Å²) in [6.45, 7) is 1.87. The summed E-state index contributed by atoms with van der Waals surface area (Å²) >= 11 is 0. The molecule has 0 amide bonds. The molecule has 0 spiro atoms. The number of sulfonamides is 1. The Morgan fingerprint density at radius 3 is 2.16 bits per heavy atom. The lowest BCUT2D eigenvalue weighted by atomic mass is 10.2. The first-order valence-electron chi connectivity index (χ1n) is 5.43. The lowest BCUT2D eigenvalue weighted by Crippen LogP contribution is -2.13. The number of nitrogens with one attached hydrogen (secondary N) is 1. The maximum Gasteiger partial charge on any atom is 0.261 e. The van der Waals surface area contributed by atoms with Gasteiger partial charge in [-0.25, -0.2) is 17.2 Å². The van der Waals surface area contributed by atoms with E-state index in [0.717, 1.165) is 17.7 Å². The van der Waals surface area contributed by atoms with Crippen LogP contribution in [0.25, 0.3) is 0 Å². The molecule has 0 aliphatic rings. The van der Waals surface area contributed by atoms with Gasteiger partial charge in [-0.05, 0) is 37.3 Å². The Hall–Kier alpha value is -1.95. The van der Waals surface area contributed by atoms with E-state index in [-0.39, 0.29) is 4.90 Å². The maximum absolute atomic E-state index is 13.0. The van der Waals surface area contributed by atoms with E-state index in [0.29, 0.717) is 11.8 Å². The topological polar surface area (TPSA) is 46.2 Å². The SMILES string of the molecule is Cc1ccc(NS(=O)(=O)c2ccc(F)c(F)c2)cc1. The molecule has 0 bridgehead atoms. The van der Waals surface area contributed by atoms with E-state index in [1.54, 1.807) is 24.3 Å². The smallest absolute Gasteiger partial charge is 0.261 e. The molecule has 0 aliphatic carbocycles. The van der Waals surface area contributed by atoms with Gasteiger partial charge >= 0.3 is 0 Å². The number of aryl methyl sites for hydroxylation is 1. The van der Waals surface area contributed by atoms with Crippen molar-refractivity contribution < 1.29 is 17.2 Å².